The Morgan fingerprint density at radius 3 is 2.59 bits per heavy atom. The van der Waals surface area contributed by atoms with Crippen LogP contribution in [0.2, 0.25) is 0 Å². The summed E-state index contributed by atoms with van der Waals surface area (Å²) in [6.07, 6.45) is 1.69. The summed E-state index contributed by atoms with van der Waals surface area (Å²) < 4.78 is 0.0918. The average molecular weight is 258 g/mol. The number of amides is 2. The molecule has 0 aliphatic carbocycles. The van der Waals surface area contributed by atoms with Crippen LogP contribution in [0.25, 0.3) is 0 Å². The van der Waals surface area contributed by atoms with Gasteiger partial charge in [0.05, 0.1) is 11.7 Å². The molecule has 5 heteroatoms. The number of hydrogen-bond donors (Lipinski definition) is 1. The maximum atomic E-state index is 12.0. The van der Waals surface area contributed by atoms with E-state index in [9.17, 15) is 9.59 Å². The number of hydrogen-bond acceptors (Lipinski definition) is 3. The minimum atomic E-state index is -0.286. The molecule has 1 fully saturated rings. The lowest BCUT2D eigenvalue weighted by atomic mass is 9.97. The smallest absolute Gasteiger partial charge is 0.232 e. The van der Waals surface area contributed by atoms with E-state index in [1.54, 1.807) is 16.7 Å². The summed E-state index contributed by atoms with van der Waals surface area (Å²) in [7, 11) is 0. The number of nitrogens with two attached hydrogens (primary N) is 1. The van der Waals surface area contributed by atoms with Crippen molar-refractivity contribution in [3.05, 3.63) is 0 Å². The Labute approximate surface area is 107 Å². The molecule has 2 N–H and O–H groups in total. The maximum absolute atomic E-state index is 12.0. The van der Waals surface area contributed by atoms with Gasteiger partial charge in [-0.15, -0.1) is 11.8 Å². The summed E-state index contributed by atoms with van der Waals surface area (Å²) in [4.78, 5) is 24.9. The highest BCUT2D eigenvalue weighted by molar-refractivity contribution is 8.01. The summed E-state index contributed by atoms with van der Waals surface area (Å²) in [6, 6.07) is 0. The molecule has 1 saturated heterocycles. The second kappa shape index (κ2) is 5.76. The Morgan fingerprint density at radius 1 is 1.41 bits per heavy atom. The number of primary amides is 1. The van der Waals surface area contributed by atoms with E-state index >= 15 is 0 Å². The Bertz CT molecular complexity index is 299. The fourth-order valence-electron chi connectivity index (χ4n) is 1.81. The van der Waals surface area contributed by atoms with Gasteiger partial charge in [-0.3, -0.25) is 9.59 Å². The van der Waals surface area contributed by atoms with Gasteiger partial charge < -0.3 is 10.6 Å². The molecule has 0 aromatic rings. The molecule has 0 spiro atoms. The fraction of sp³-hybridized carbons (Fsp3) is 0.833. The van der Waals surface area contributed by atoms with E-state index in [1.807, 2.05) is 0 Å². The quantitative estimate of drug-likeness (QED) is 0.828. The van der Waals surface area contributed by atoms with Gasteiger partial charge in [0.25, 0.3) is 0 Å². The predicted octanol–water partition coefficient (Wildman–Crippen LogP) is 1.24. The van der Waals surface area contributed by atoms with E-state index in [-0.39, 0.29) is 22.5 Å². The van der Waals surface area contributed by atoms with Crippen LogP contribution in [0.3, 0.4) is 0 Å². The molecular weight excluding hydrogens is 236 g/mol. The van der Waals surface area contributed by atoms with Crippen molar-refractivity contribution < 1.29 is 9.59 Å². The zero-order valence-electron chi connectivity index (χ0n) is 10.9. The van der Waals surface area contributed by atoms with Crippen molar-refractivity contribution in [3.8, 4) is 0 Å². The van der Waals surface area contributed by atoms with E-state index in [2.05, 4.69) is 20.8 Å². The van der Waals surface area contributed by atoms with Gasteiger partial charge in [-0.25, -0.2) is 0 Å². The van der Waals surface area contributed by atoms with Gasteiger partial charge in [0.1, 0.15) is 0 Å². The highest BCUT2D eigenvalue weighted by atomic mass is 32.2. The standard InChI is InChI=1S/C12H22N2O2S/c1-12(2,3)17-8-10(15)14-6-4-5-9(7-14)11(13)16/h9H,4-8H2,1-3H3,(H2,13,16). The van der Waals surface area contributed by atoms with Crippen LogP contribution in [-0.2, 0) is 9.59 Å². The van der Waals surface area contributed by atoms with E-state index in [1.165, 1.54) is 0 Å². The predicted molar refractivity (Wildman–Crippen MR) is 70.7 cm³/mol. The fourth-order valence-corrected chi connectivity index (χ4v) is 2.54. The van der Waals surface area contributed by atoms with E-state index in [0.717, 1.165) is 19.4 Å². The normalized spacial score (nSPS) is 21.4. The highest BCUT2D eigenvalue weighted by Gasteiger charge is 2.27. The molecule has 2 amide bonds. The molecule has 0 bridgehead atoms. The van der Waals surface area contributed by atoms with Gasteiger partial charge in [-0.2, -0.15) is 0 Å². The zero-order valence-corrected chi connectivity index (χ0v) is 11.7. The van der Waals surface area contributed by atoms with Gasteiger partial charge in [-0.1, -0.05) is 20.8 Å². The van der Waals surface area contributed by atoms with Gasteiger partial charge in [0.15, 0.2) is 0 Å². The van der Waals surface area contributed by atoms with E-state index in [0.29, 0.717) is 12.3 Å². The van der Waals surface area contributed by atoms with Crippen molar-refractivity contribution in [3.63, 3.8) is 0 Å². The molecule has 1 rings (SSSR count). The number of piperidine rings is 1. The summed E-state index contributed by atoms with van der Waals surface area (Å²) in [5, 5.41) is 0. The van der Waals surface area contributed by atoms with Gasteiger partial charge in [0, 0.05) is 17.8 Å². The van der Waals surface area contributed by atoms with Crippen molar-refractivity contribution in [1.29, 1.82) is 0 Å². The van der Waals surface area contributed by atoms with Crippen LogP contribution in [0, 0.1) is 5.92 Å². The van der Waals surface area contributed by atoms with E-state index in [4.69, 9.17) is 5.73 Å². The topological polar surface area (TPSA) is 63.4 Å². The Balaban J connectivity index is 2.44. The first-order chi connectivity index (χ1) is 7.79. The van der Waals surface area contributed by atoms with Crippen LogP contribution in [-0.4, -0.2) is 40.3 Å². The minimum Gasteiger partial charge on any atom is -0.369 e. The molecule has 1 unspecified atom stereocenters. The third kappa shape index (κ3) is 4.98. The molecule has 17 heavy (non-hydrogen) atoms. The molecule has 0 radical (unpaired) electrons. The largest absolute Gasteiger partial charge is 0.369 e. The number of carbonyl (C=O) groups excluding carboxylic acids is 2. The summed E-state index contributed by atoms with van der Waals surface area (Å²) in [5.74, 6) is 0.156. The van der Waals surface area contributed by atoms with Crippen molar-refractivity contribution >= 4 is 23.6 Å². The second-order valence-corrected chi connectivity index (χ2v) is 7.28. The van der Waals surface area contributed by atoms with Gasteiger partial charge in [0.2, 0.25) is 11.8 Å². The van der Waals surface area contributed by atoms with Crippen LogP contribution in [0.1, 0.15) is 33.6 Å². The summed E-state index contributed by atoms with van der Waals surface area (Å²) in [6.45, 7) is 7.53. The Morgan fingerprint density at radius 2 is 2.06 bits per heavy atom. The molecule has 0 saturated carbocycles. The summed E-state index contributed by atoms with van der Waals surface area (Å²) in [5.41, 5.74) is 5.29. The van der Waals surface area contributed by atoms with Crippen molar-refractivity contribution in [1.82, 2.24) is 4.90 Å². The molecule has 1 atom stereocenters. The van der Waals surface area contributed by atoms with Crippen LogP contribution in [0.4, 0.5) is 0 Å². The second-order valence-electron chi connectivity index (χ2n) is 5.48. The van der Waals surface area contributed by atoms with Crippen LogP contribution in [0.15, 0.2) is 0 Å². The third-order valence-corrected chi connectivity index (χ3v) is 4.06. The molecule has 0 aromatic carbocycles. The molecule has 1 aliphatic heterocycles. The van der Waals surface area contributed by atoms with Gasteiger partial charge >= 0.3 is 0 Å². The lowest BCUT2D eigenvalue weighted by Gasteiger charge is -2.31. The Kier molecular flexibility index (Phi) is 4.86. The van der Waals surface area contributed by atoms with Crippen molar-refractivity contribution in [2.75, 3.05) is 18.8 Å². The van der Waals surface area contributed by atoms with Crippen LogP contribution >= 0.6 is 11.8 Å². The number of carbonyl (C=O) groups is 2. The SMILES string of the molecule is CC(C)(C)SCC(=O)N1CCCC(C(N)=O)C1. The number of rotatable bonds is 3. The number of nitrogens with zero attached hydrogens (tertiary/aromatic N) is 1. The molecular formula is C12H22N2O2S. The first kappa shape index (κ1) is 14.4. The molecule has 0 aromatic heterocycles. The number of likely N-dealkylation sites (tertiary alicyclic amines) is 1. The third-order valence-electron chi connectivity index (χ3n) is 2.81. The van der Waals surface area contributed by atoms with Crippen molar-refractivity contribution in [2.45, 2.75) is 38.4 Å². The van der Waals surface area contributed by atoms with Gasteiger partial charge in [-0.05, 0) is 12.8 Å². The van der Waals surface area contributed by atoms with Crippen LogP contribution in [0.5, 0.6) is 0 Å². The van der Waals surface area contributed by atoms with Crippen molar-refractivity contribution in [2.24, 2.45) is 11.7 Å². The molecule has 1 heterocycles. The summed E-state index contributed by atoms with van der Waals surface area (Å²) >= 11 is 1.64. The lowest BCUT2D eigenvalue weighted by Crippen LogP contribution is -2.45. The lowest BCUT2D eigenvalue weighted by molar-refractivity contribution is -0.132. The Hall–Kier alpha value is -0.710. The van der Waals surface area contributed by atoms with E-state index < -0.39 is 0 Å². The maximum Gasteiger partial charge on any atom is 0.232 e. The molecule has 1 aliphatic rings. The average Bonchev–Trinajstić information content (AvgIpc) is 2.25. The monoisotopic (exact) mass is 258 g/mol. The molecule has 4 nitrogen and oxygen atoms in total. The van der Waals surface area contributed by atoms with Crippen LogP contribution < -0.4 is 5.73 Å². The highest BCUT2D eigenvalue weighted by Crippen LogP contribution is 2.24. The first-order valence-electron chi connectivity index (χ1n) is 6.00. The zero-order chi connectivity index (χ0) is 13.1. The molecule has 98 valence electrons. The minimum absolute atomic E-state index is 0.0918. The number of thioether (sulfide) groups is 1. The first-order valence-corrected chi connectivity index (χ1v) is 6.99.